The van der Waals surface area contributed by atoms with Gasteiger partial charge in [-0.2, -0.15) is 5.10 Å². The third kappa shape index (κ3) is 1.93. The highest BCUT2D eigenvalue weighted by Crippen LogP contribution is 2.24. The Morgan fingerprint density at radius 3 is 2.27 bits per heavy atom. The zero-order valence-electron chi connectivity index (χ0n) is 8.60. The SMILES string of the molecule is COc1cc(OC)cc(-n2c[c]cn2)c1. The molecule has 0 aliphatic rings. The Morgan fingerprint density at radius 1 is 1.13 bits per heavy atom. The molecule has 0 saturated carbocycles. The fraction of sp³-hybridized carbons (Fsp3) is 0.182. The Morgan fingerprint density at radius 2 is 1.80 bits per heavy atom. The van der Waals surface area contributed by atoms with E-state index in [0.717, 1.165) is 17.2 Å². The summed E-state index contributed by atoms with van der Waals surface area (Å²) in [7, 11) is 3.24. The third-order valence-corrected chi connectivity index (χ3v) is 2.05. The first-order valence-corrected chi connectivity index (χ1v) is 4.47. The van der Waals surface area contributed by atoms with Crippen molar-refractivity contribution >= 4 is 0 Å². The van der Waals surface area contributed by atoms with E-state index in [-0.39, 0.29) is 0 Å². The Kier molecular flexibility index (Phi) is 2.58. The first kappa shape index (κ1) is 9.58. The average molecular weight is 203 g/mol. The molecule has 1 heterocycles. The van der Waals surface area contributed by atoms with Crippen LogP contribution < -0.4 is 9.47 Å². The molecule has 0 atom stereocenters. The van der Waals surface area contributed by atoms with Crippen molar-refractivity contribution in [2.24, 2.45) is 0 Å². The summed E-state index contributed by atoms with van der Waals surface area (Å²) in [5.74, 6) is 1.47. The highest BCUT2D eigenvalue weighted by Gasteiger charge is 2.03. The zero-order chi connectivity index (χ0) is 10.7. The van der Waals surface area contributed by atoms with Gasteiger partial charge in [0.2, 0.25) is 0 Å². The second-order valence-electron chi connectivity index (χ2n) is 2.96. The van der Waals surface area contributed by atoms with Gasteiger partial charge in [0, 0.05) is 30.5 Å². The van der Waals surface area contributed by atoms with Gasteiger partial charge in [0.25, 0.3) is 0 Å². The average Bonchev–Trinajstić information content (AvgIpc) is 2.81. The maximum Gasteiger partial charge on any atom is 0.124 e. The van der Waals surface area contributed by atoms with Crippen molar-refractivity contribution in [3.63, 3.8) is 0 Å². The van der Waals surface area contributed by atoms with Gasteiger partial charge < -0.3 is 9.47 Å². The van der Waals surface area contributed by atoms with Gasteiger partial charge in [-0.1, -0.05) is 0 Å². The molecule has 0 N–H and O–H groups in total. The summed E-state index contributed by atoms with van der Waals surface area (Å²) in [5.41, 5.74) is 0.882. The number of benzene rings is 1. The minimum absolute atomic E-state index is 0.736. The maximum absolute atomic E-state index is 5.16. The standard InChI is InChI=1S/C11H11N2O2/c1-14-10-6-9(7-11(8-10)15-2)13-5-3-4-12-13/h4-8H,1-2H3. The number of hydrogen-bond acceptors (Lipinski definition) is 3. The number of rotatable bonds is 3. The van der Waals surface area contributed by atoms with Crippen LogP contribution in [-0.2, 0) is 0 Å². The van der Waals surface area contributed by atoms with Gasteiger partial charge in [0.15, 0.2) is 0 Å². The molecule has 77 valence electrons. The lowest BCUT2D eigenvalue weighted by Gasteiger charge is -2.08. The normalized spacial score (nSPS) is 10.0. The summed E-state index contributed by atoms with van der Waals surface area (Å²) in [5, 5.41) is 4.09. The van der Waals surface area contributed by atoms with Crippen molar-refractivity contribution in [2.75, 3.05) is 14.2 Å². The molecular formula is C11H11N2O2. The fourth-order valence-electron chi connectivity index (χ4n) is 1.30. The van der Waals surface area contributed by atoms with Gasteiger partial charge in [-0.05, 0) is 0 Å². The topological polar surface area (TPSA) is 36.3 Å². The van der Waals surface area contributed by atoms with E-state index in [1.54, 1.807) is 31.3 Å². The number of aromatic nitrogens is 2. The molecule has 0 unspecified atom stereocenters. The smallest absolute Gasteiger partial charge is 0.124 e. The molecule has 0 spiro atoms. The van der Waals surface area contributed by atoms with Crippen LogP contribution in [0.1, 0.15) is 0 Å². The molecule has 4 heteroatoms. The number of nitrogens with zero attached hydrogens (tertiary/aromatic N) is 2. The van der Waals surface area contributed by atoms with Crippen molar-refractivity contribution in [1.82, 2.24) is 9.78 Å². The summed E-state index contributed by atoms with van der Waals surface area (Å²) in [6.07, 6.45) is 3.35. The highest BCUT2D eigenvalue weighted by atomic mass is 16.5. The van der Waals surface area contributed by atoms with Gasteiger partial charge in [-0.3, -0.25) is 0 Å². The van der Waals surface area contributed by atoms with Crippen LogP contribution in [0.2, 0.25) is 0 Å². The Labute approximate surface area is 88.1 Å². The van der Waals surface area contributed by atoms with Crippen molar-refractivity contribution in [3.05, 3.63) is 36.7 Å². The maximum atomic E-state index is 5.16. The van der Waals surface area contributed by atoms with Crippen LogP contribution in [0.4, 0.5) is 0 Å². The molecule has 0 amide bonds. The molecule has 1 radical (unpaired) electrons. The van der Waals surface area contributed by atoms with E-state index in [4.69, 9.17) is 9.47 Å². The number of methoxy groups -OCH3 is 2. The van der Waals surface area contributed by atoms with Crippen LogP contribution in [0.5, 0.6) is 11.5 Å². The molecule has 15 heavy (non-hydrogen) atoms. The van der Waals surface area contributed by atoms with Crippen LogP contribution in [0.25, 0.3) is 5.69 Å². The molecule has 0 aliphatic carbocycles. The molecule has 0 aliphatic heterocycles. The van der Waals surface area contributed by atoms with E-state index in [2.05, 4.69) is 11.2 Å². The van der Waals surface area contributed by atoms with E-state index < -0.39 is 0 Å². The summed E-state index contributed by atoms with van der Waals surface area (Å²) < 4.78 is 12.0. The lowest BCUT2D eigenvalue weighted by molar-refractivity contribution is 0.394. The van der Waals surface area contributed by atoms with E-state index in [1.807, 2.05) is 18.2 Å². The van der Waals surface area contributed by atoms with Crippen molar-refractivity contribution in [1.29, 1.82) is 0 Å². The van der Waals surface area contributed by atoms with Crippen LogP contribution in [-0.4, -0.2) is 24.0 Å². The molecule has 0 bridgehead atoms. The lowest BCUT2D eigenvalue weighted by Crippen LogP contribution is -1.96. The molecule has 0 saturated heterocycles. The van der Waals surface area contributed by atoms with Crippen LogP contribution in [0.3, 0.4) is 0 Å². The quantitative estimate of drug-likeness (QED) is 0.761. The minimum Gasteiger partial charge on any atom is -0.497 e. The van der Waals surface area contributed by atoms with Crippen molar-refractivity contribution < 1.29 is 9.47 Å². The van der Waals surface area contributed by atoms with E-state index >= 15 is 0 Å². The molecule has 1 aromatic carbocycles. The molecule has 0 fully saturated rings. The van der Waals surface area contributed by atoms with Gasteiger partial charge in [-0.25, -0.2) is 4.68 Å². The van der Waals surface area contributed by atoms with Crippen LogP contribution in [0, 0.1) is 6.07 Å². The number of ether oxygens (including phenoxy) is 2. The molecular weight excluding hydrogens is 192 g/mol. The Bertz CT molecular complexity index is 416. The second kappa shape index (κ2) is 4.04. The predicted molar refractivity (Wildman–Crippen MR) is 55.5 cm³/mol. The number of hydrogen-bond donors (Lipinski definition) is 0. The van der Waals surface area contributed by atoms with Gasteiger partial charge in [0.1, 0.15) is 11.5 Å². The van der Waals surface area contributed by atoms with E-state index in [1.165, 1.54) is 0 Å². The summed E-state index contributed by atoms with van der Waals surface area (Å²) in [4.78, 5) is 0. The highest BCUT2D eigenvalue weighted by molar-refractivity contribution is 5.45. The van der Waals surface area contributed by atoms with E-state index in [9.17, 15) is 0 Å². The van der Waals surface area contributed by atoms with E-state index in [0.29, 0.717) is 0 Å². The minimum atomic E-state index is 0.736. The first-order valence-electron chi connectivity index (χ1n) is 4.47. The van der Waals surface area contributed by atoms with Crippen LogP contribution in [0.15, 0.2) is 30.6 Å². The van der Waals surface area contributed by atoms with Crippen molar-refractivity contribution in [3.8, 4) is 17.2 Å². The Hall–Kier alpha value is -1.97. The lowest BCUT2D eigenvalue weighted by atomic mass is 10.3. The molecule has 4 nitrogen and oxygen atoms in total. The molecule has 2 aromatic rings. The Balaban J connectivity index is 2.47. The first-order chi connectivity index (χ1) is 7.33. The summed E-state index contributed by atoms with van der Waals surface area (Å²) in [6, 6.07) is 8.45. The zero-order valence-corrected chi connectivity index (χ0v) is 8.60. The van der Waals surface area contributed by atoms with Gasteiger partial charge >= 0.3 is 0 Å². The van der Waals surface area contributed by atoms with Gasteiger partial charge in [-0.15, -0.1) is 0 Å². The third-order valence-electron chi connectivity index (χ3n) is 2.05. The van der Waals surface area contributed by atoms with Crippen molar-refractivity contribution in [2.45, 2.75) is 0 Å². The predicted octanol–water partition coefficient (Wildman–Crippen LogP) is 1.69. The second-order valence-corrected chi connectivity index (χ2v) is 2.96. The largest absolute Gasteiger partial charge is 0.497 e. The van der Waals surface area contributed by atoms with Crippen LogP contribution >= 0.6 is 0 Å². The fourth-order valence-corrected chi connectivity index (χ4v) is 1.30. The summed E-state index contributed by atoms with van der Waals surface area (Å²) in [6.45, 7) is 0. The molecule has 2 rings (SSSR count). The molecule has 1 aromatic heterocycles. The summed E-state index contributed by atoms with van der Waals surface area (Å²) >= 11 is 0. The van der Waals surface area contributed by atoms with Gasteiger partial charge in [0.05, 0.1) is 26.1 Å². The monoisotopic (exact) mass is 203 g/mol.